The number of rotatable bonds is 1. The zero-order valence-electron chi connectivity index (χ0n) is 7.72. The maximum Gasteiger partial charge on any atom is 0.0493 e. The number of fused-ring (bicyclic) bond motifs is 1. The minimum absolute atomic E-state index is 0.984. The maximum absolute atomic E-state index is 4.23. The Hall–Kier alpha value is -1.83. The number of allylic oxidation sites excluding steroid dienone is 1. The van der Waals surface area contributed by atoms with Crippen molar-refractivity contribution in [1.29, 1.82) is 0 Å². The van der Waals surface area contributed by atoms with Crippen LogP contribution in [0, 0.1) is 0 Å². The predicted molar refractivity (Wildman–Crippen MR) is 56.5 cm³/mol. The minimum Gasteiger partial charge on any atom is -0.245 e. The molecule has 1 aliphatic carbocycles. The fraction of sp³-hybridized carbons (Fsp3) is 0.0833. The summed E-state index contributed by atoms with van der Waals surface area (Å²) in [6, 6.07) is 10.4. The van der Waals surface area contributed by atoms with Gasteiger partial charge in [-0.3, -0.25) is 0 Å². The first-order valence-electron chi connectivity index (χ1n) is 4.72. The lowest BCUT2D eigenvalue weighted by atomic mass is 10.1. The summed E-state index contributed by atoms with van der Waals surface area (Å²) in [5, 5.41) is 4.23. The Bertz CT molecular complexity index is 481. The molecule has 0 saturated carbocycles. The van der Waals surface area contributed by atoms with E-state index in [1.807, 2.05) is 23.1 Å². The van der Waals surface area contributed by atoms with E-state index < -0.39 is 0 Å². The average molecular weight is 182 g/mol. The fourth-order valence-corrected chi connectivity index (χ4v) is 1.85. The van der Waals surface area contributed by atoms with E-state index in [0.29, 0.717) is 0 Å². The highest BCUT2D eigenvalue weighted by Gasteiger charge is 2.12. The minimum atomic E-state index is 0.984. The molecular formula is C12H10N2. The lowest BCUT2D eigenvalue weighted by Crippen LogP contribution is -1.96. The second kappa shape index (κ2) is 2.84. The monoisotopic (exact) mass is 182 g/mol. The number of hydrogen-bond acceptors (Lipinski definition) is 1. The van der Waals surface area contributed by atoms with Crippen molar-refractivity contribution in [1.82, 2.24) is 9.78 Å². The Morgan fingerprint density at radius 2 is 2.07 bits per heavy atom. The van der Waals surface area contributed by atoms with Gasteiger partial charge in [0.2, 0.25) is 0 Å². The summed E-state index contributed by atoms with van der Waals surface area (Å²) in [5.74, 6) is 0. The van der Waals surface area contributed by atoms with Crippen molar-refractivity contribution in [3.05, 3.63) is 53.9 Å². The first-order chi connectivity index (χ1) is 6.93. The molecule has 68 valence electrons. The summed E-state index contributed by atoms with van der Waals surface area (Å²) in [4.78, 5) is 0. The van der Waals surface area contributed by atoms with E-state index in [4.69, 9.17) is 0 Å². The first kappa shape index (κ1) is 7.56. The Balaban J connectivity index is 2.04. The van der Waals surface area contributed by atoms with Crippen LogP contribution in [0.5, 0.6) is 0 Å². The average Bonchev–Trinajstić information content (AvgIpc) is 2.86. The van der Waals surface area contributed by atoms with Crippen molar-refractivity contribution in [2.24, 2.45) is 0 Å². The van der Waals surface area contributed by atoms with Crippen molar-refractivity contribution in [3.63, 3.8) is 0 Å². The van der Waals surface area contributed by atoms with E-state index in [2.05, 4.69) is 35.4 Å². The van der Waals surface area contributed by atoms with Crippen molar-refractivity contribution in [2.75, 3.05) is 0 Å². The van der Waals surface area contributed by atoms with Crippen LogP contribution in [0.4, 0.5) is 0 Å². The summed E-state index contributed by atoms with van der Waals surface area (Å²) in [6.07, 6.45) is 6.97. The standard InChI is InChI=1S/C12H10N2/c1-2-5-11-9-12(8-10(11)4-1)14-7-3-6-13-14/h1-8H,9H2. The van der Waals surface area contributed by atoms with Gasteiger partial charge in [-0.05, 0) is 23.3 Å². The molecule has 0 radical (unpaired) electrons. The summed E-state index contributed by atoms with van der Waals surface area (Å²) >= 11 is 0. The molecule has 0 aliphatic heterocycles. The third-order valence-corrected chi connectivity index (χ3v) is 2.55. The summed E-state index contributed by atoms with van der Waals surface area (Å²) in [7, 11) is 0. The van der Waals surface area contributed by atoms with Crippen LogP contribution in [0.3, 0.4) is 0 Å². The number of benzene rings is 1. The van der Waals surface area contributed by atoms with Crippen LogP contribution < -0.4 is 0 Å². The molecule has 2 heteroatoms. The van der Waals surface area contributed by atoms with E-state index >= 15 is 0 Å². The van der Waals surface area contributed by atoms with Crippen LogP contribution in [0.15, 0.2) is 42.7 Å². The van der Waals surface area contributed by atoms with E-state index in [9.17, 15) is 0 Å². The Morgan fingerprint density at radius 1 is 1.14 bits per heavy atom. The van der Waals surface area contributed by atoms with E-state index in [1.165, 1.54) is 16.8 Å². The lowest BCUT2D eigenvalue weighted by molar-refractivity contribution is 0.883. The number of aromatic nitrogens is 2. The topological polar surface area (TPSA) is 17.8 Å². The molecule has 3 rings (SSSR count). The van der Waals surface area contributed by atoms with Gasteiger partial charge >= 0.3 is 0 Å². The SMILES string of the molecule is C1=C(n2cccn2)Cc2ccccc21. The molecule has 0 saturated heterocycles. The van der Waals surface area contributed by atoms with Gasteiger partial charge < -0.3 is 0 Å². The molecular weight excluding hydrogens is 172 g/mol. The molecule has 14 heavy (non-hydrogen) atoms. The molecule has 1 aliphatic rings. The molecule has 0 bridgehead atoms. The molecule has 0 unspecified atom stereocenters. The molecule has 0 atom stereocenters. The smallest absolute Gasteiger partial charge is 0.0493 e. The molecule has 1 aromatic heterocycles. The molecule has 0 spiro atoms. The summed E-state index contributed by atoms with van der Waals surface area (Å²) in [6.45, 7) is 0. The normalized spacial score (nSPS) is 13.9. The van der Waals surface area contributed by atoms with E-state index in [0.717, 1.165) is 6.42 Å². The van der Waals surface area contributed by atoms with E-state index in [-0.39, 0.29) is 0 Å². The first-order valence-corrected chi connectivity index (χ1v) is 4.72. The van der Waals surface area contributed by atoms with Crippen LogP contribution in [-0.2, 0) is 6.42 Å². The highest BCUT2D eigenvalue weighted by molar-refractivity contribution is 5.79. The largest absolute Gasteiger partial charge is 0.245 e. The van der Waals surface area contributed by atoms with Gasteiger partial charge in [0.15, 0.2) is 0 Å². The summed E-state index contributed by atoms with van der Waals surface area (Å²) < 4.78 is 1.93. The van der Waals surface area contributed by atoms with Crippen molar-refractivity contribution >= 4 is 11.8 Å². The number of hydrogen-bond donors (Lipinski definition) is 0. The predicted octanol–water partition coefficient (Wildman–Crippen LogP) is 2.44. The van der Waals surface area contributed by atoms with Gasteiger partial charge in [-0.1, -0.05) is 24.3 Å². The van der Waals surface area contributed by atoms with Gasteiger partial charge in [-0.25, -0.2) is 4.68 Å². The molecule has 0 N–H and O–H groups in total. The highest BCUT2D eigenvalue weighted by atomic mass is 15.3. The van der Waals surface area contributed by atoms with Crippen LogP contribution in [0.2, 0.25) is 0 Å². The zero-order chi connectivity index (χ0) is 9.38. The second-order valence-corrected chi connectivity index (χ2v) is 3.46. The van der Waals surface area contributed by atoms with Crippen molar-refractivity contribution in [3.8, 4) is 0 Å². The number of nitrogens with zero attached hydrogens (tertiary/aromatic N) is 2. The highest BCUT2D eigenvalue weighted by Crippen LogP contribution is 2.26. The maximum atomic E-state index is 4.23. The van der Waals surface area contributed by atoms with Crippen LogP contribution in [-0.4, -0.2) is 9.78 Å². The van der Waals surface area contributed by atoms with Gasteiger partial charge in [0.1, 0.15) is 0 Å². The van der Waals surface area contributed by atoms with Crippen LogP contribution >= 0.6 is 0 Å². The van der Waals surface area contributed by atoms with Gasteiger partial charge in [-0.15, -0.1) is 0 Å². The second-order valence-electron chi connectivity index (χ2n) is 3.46. The van der Waals surface area contributed by atoms with Crippen LogP contribution in [0.25, 0.3) is 11.8 Å². The van der Waals surface area contributed by atoms with Crippen molar-refractivity contribution in [2.45, 2.75) is 6.42 Å². The Morgan fingerprint density at radius 3 is 2.86 bits per heavy atom. The van der Waals surface area contributed by atoms with Gasteiger partial charge in [-0.2, -0.15) is 5.10 Å². The third-order valence-electron chi connectivity index (χ3n) is 2.55. The fourth-order valence-electron chi connectivity index (χ4n) is 1.85. The molecule has 2 aromatic rings. The third kappa shape index (κ3) is 1.08. The molecule has 2 nitrogen and oxygen atoms in total. The zero-order valence-corrected chi connectivity index (χ0v) is 7.72. The Labute approximate surface area is 82.5 Å². The van der Waals surface area contributed by atoms with Crippen molar-refractivity contribution < 1.29 is 0 Å². The quantitative estimate of drug-likeness (QED) is 0.662. The Kier molecular flexibility index (Phi) is 1.53. The van der Waals surface area contributed by atoms with Gasteiger partial charge in [0.25, 0.3) is 0 Å². The van der Waals surface area contributed by atoms with Crippen LogP contribution in [0.1, 0.15) is 11.1 Å². The molecule has 0 fully saturated rings. The lowest BCUT2D eigenvalue weighted by Gasteiger charge is -2.00. The van der Waals surface area contributed by atoms with Gasteiger partial charge in [0.05, 0.1) is 0 Å². The molecule has 1 aromatic carbocycles. The van der Waals surface area contributed by atoms with Gasteiger partial charge in [0, 0.05) is 24.5 Å². The van der Waals surface area contributed by atoms with E-state index in [1.54, 1.807) is 0 Å². The molecule has 0 amide bonds. The molecule has 1 heterocycles. The summed E-state index contributed by atoms with van der Waals surface area (Å²) in [5.41, 5.74) is 3.95.